The van der Waals surface area contributed by atoms with Gasteiger partial charge in [0.05, 0.1) is 18.8 Å². The molecule has 5 heteroatoms. The Labute approximate surface area is 144 Å². The van der Waals surface area contributed by atoms with Crippen LogP contribution >= 0.6 is 0 Å². The maximum absolute atomic E-state index is 12.7. The molecular weight excluding hydrogens is 302 g/mol. The van der Waals surface area contributed by atoms with Gasteiger partial charge in [0.2, 0.25) is 0 Å². The quantitative estimate of drug-likeness (QED) is 0.820. The van der Waals surface area contributed by atoms with E-state index in [1.165, 1.54) is 0 Å². The van der Waals surface area contributed by atoms with E-state index >= 15 is 0 Å². The van der Waals surface area contributed by atoms with Crippen LogP contribution < -0.4 is 0 Å². The number of piperazine rings is 1. The fourth-order valence-electron chi connectivity index (χ4n) is 4.48. The molecule has 1 amide bonds. The molecule has 0 aliphatic carbocycles. The summed E-state index contributed by atoms with van der Waals surface area (Å²) in [5.74, 6) is 0.160. The predicted octanol–water partition coefficient (Wildman–Crippen LogP) is 1.31. The number of nitrogens with zero attached hydrogens (tertiary/aromatic N) is 3. The van der Waals surface area contributed by atoms with E-state index in [0.717, 1.165) is 51.5 Å². The van der Waals surface area contributed by atoms with E-state index < -0.39 is 0 Å². The first-order valence-electron chi connectivity index (χ1n) is 9.02. The molecule has 24 heavy (non-hydrogen) atoms. The van der Waals surface area contributed by atoms with Crippen LogP contribution in [0.5, 0.6) is 0 Å². The lowest BCUT2D eigenvalue weighted by molar-refractivity contribution is -0.160. The minimum Gasteiger partial charge on any atom is -0.378 e. The average Bonchev–Trinajstić information content (AvgIpc) is 2.58. The number of amides is 1. The topological polar surface area (TPSA) is 36.0 Å². The number of benzene rings is 1. The van der Waals surface area contributed by atoms with Gasteiger partial charge in [0.15, 0.2) is 0 Å². The summed E-state index contributed by atoms with van der Waals surface area (Å²) in [5, 5.41) is 0. The molecule has 3 fully saturated rings. The molecule has 1 aromatic rings. The Balaban J connectivity index is 1.51. The average molecular weight is 329 g/mol. The highest BCUT2D eigenvalue weighted by Gasteiger charge is 2.55. The Morgan fingerprint density at radius 1 is 1.21 bits per heavy atom. The van der Waals surface area contributed by atoms with Crippen LogP contribution in [0.2, 0.25) is 0 Å². The van der Waals surface area contributed by atoms with Crippen molar-refractivity contribution < 1.29 is 9.53 Å². The van der Waals surface area contributed by atoms with E-state index in [4.69, 9.17) is 4.74 Å². The van der Waals surface area contributed by atoms with Crippen molar-refractivity contribution in [1.29, 1.82) is 0 Å². The Bertz CT molecular complexity index is 598. The molecule has 5 nitrogen and oxygen atoms in total. The van der Waals surface area contributed by atoms with Crippen LogP contribution in [-0.2, 0) is 4.74 Å². The van der Waals surface area contributed by atoms with E-state index in [1.807, 2.05) is 35.2 Å². The number of hydrogen-bond acceptors (Lipinski definition) is 4. The lowest BCUT2D eigenvalue weighted by atomic mass is 9.81. The summed E-state index contributed by atoms with van der Waals surface area (Å²) in [4.78, 5) is 19.9. The number of morpholine rings is 1. The number of rotatable bonds is 2. The fourth-order valence-corrected chi connectivity index (χ4v) is 4.48. The summed E-state index contributed by atoms with van der Waals surface area (Å²) in [5.41, 5.74) is 0.906. The summed E-state index contributed by atoms with van der Waals surface area (Å²) >= 11 is 0. The minimum atomic E-state index is 0.113. The third-order valence-corrected chi connectivity index (χ3v) is 5.79. The first kappa shape index (κ1) is 16.1. The zero-order valence-electron chi connectivity index (χ0n) is 14.6. The van der Waals surface area contributed by atoms with Crippen molar-refractivity contribution in [3.05, 3.63) is 35.9 Å². The molecule has 130 valence electrons. The van der Waals surface area contributed by atoms with Gasteiger partial charge in [-0.15, -0.1) is 0 Å². The number of likely N-dealkylation sites (tertiary alicyclic amines) is 1. The summed E-state index contributed by atoms with van der Waals surface area (Å²) < 4.78 is 5.72. The van der Waals surface area contributed by atoms with Gasteiger partial charge in [0.25, 0.3) is 5.91 Å². The Morgan fingerprint density at radius 3 is 2.67 bits per heavy atom. The van der Waals surface area contributed by atoms with Crippen molar-refractivity contribution in [3.63, 3.8) is 0 Å². The molecule has 4 rings (SSSR count). The predicted molar refractivity (Wildman–Crippen MR) is 93.1 cm³/mol. The van der Waals surface area contributed by atoms with E-state index in [9.17, 15) is 4.79 Å². The fraction of sp³-hybridized carbons (Fsp3) is 0.632. The molecule has 1 unspecified atom stereocenters. The van der Waals surface area contributed by atoms with Gasteiger partial charge >= 0.3 is 0 Å². The smallest absolute Gasteiger partial charge is 0.253 e. The van der Waals surface area contributed by atoms with Gasteiger partial charge in [-0.3, -0.25) is 14.6 Å². The molecule has 1 aromatic carbocycles. The molecule has 3 saturated heterocycles. The number of carbonyl (C=O) groups excluding carboxylic acids is 1. The van der Waals surface area contributed by atoms with E-state index in [0.29, 0.717) is 12.1 Å². The molecule has 1 spiro atoms. The second kappa shape index (κ2) is 6.14. The summed E-state index contributed by atoms with van der Waals surface area (Å²) in [6.07, 6.45) is 0. The van der Waals surface area contributed by atoms with Crippen molar-refractivity contribution in [1.82, 2.24) is 14.7 Å². The molecule has 0 saturated carbocycles. The standard InChI is InChI=1S/C19H27N3O2/c1-15(2)20-10-17-11-24-9-8-22(17)19(12-20)13-21(14-19)18(23)16-6-4-3-5-7-16/h3-7,15,17H,8-14H2,1-2H3. The maximum Gasteiger partial charge on any atom is 0.253 e. The summed E-state index contributed by atoms with van der Waals surface area (Å²) in [6.45, 7) is 10.9. The third-order valence-electron chi connectivity index (χ3n) is 5.79. The Kier molecular flexibility index (Phi) is 4.11. The maximum atomic E-state index is 12.7. The minimum absolute atomic E-state index is 0.113. The first-order valence-corrected chi connectivity index (χ1v) is 9.02. The molecule has 0 aromatic heterocycles. The lowest BCUT2D eigenvalue weighted by Crippen LogP contribution is -2.81. The van der Waals surface area contributed by atoms with Crippen molar-refractivity contribution in [2.24, 2.45) is 0 Å². The van der Waals surface area contributed by atoms with E-state index in [2.05, 4.69) is 23.6 Å². The normalized spacial score (nSPS) is 27.1. The molecule has 0 bridgehead atoms. The van der Waals surface area contributed by atoms with Gasteiger partial charge in [0, 0.05) is 50.4 Å². The van der Waals surface area contributed by atoms with Crippen LogP contribution in [0.1, 0.15) is 24.2 Å². The van der Waals surface area contributed by atoms with Crippen LogP contribution in [0, 0.1) is 0 Å². The zero-order valence-corrected chi connectivity index (χ0v) is 14.6. The zero-order chi connectivity index (χ0) is 16.7. The Hall–Kier alpha value is -1.43. The summed E-state index contributed by atoms with van der Waals surface area (Å²) in [6, 6.07) is 10.6. The number of ether oxygens (including phenoxy) is 1. The third kappa shape index (κ3) is 2.65. The van der Waals surface area contributed by atoms with Crippen LogP contribution in [-0.4, -0.2) is 84.2 Å². The van der Waals surface area contributed by atoms with Crippen molar-refractivity contribution in [3.8, 4) is 0 Å². The second-order valence-corrected chi connectivity index (χ2v) is 7.70. The van der Waals surface area contributed by atoms with Crippen LogP contribution in [0.4, 0.5) is 0 Å². The highest BCUT2D eigenvalue weighted by molar-refractivity contribution is 5.95. The molecule has 3 heterocycles. The highest BCUT2D eigenvalue weighted by atomic mass is 16.5. The number of fused-ring (bicyclic) bond motifs is 2. The SMILES string of the molecule is CC(C)N1CC2COCCN2C2(CN(C(=O)c3ccccc3)C2)C1. The highest BCUT2D eigenvalue weighted by Crippen LogP contribution is 2.36. The van der Waals surface area contributed by atoms with Crippen molar-refractivity contribution >= 4 is 5.91 Å². The molecular formula is C19H27N3O2. The van der Waals surface area contributed by atoms with E-state index in [-0.39, 0.29) is 11.4 Å². The van der Waals surface area contributed by atoms with Gasteiger partial charge in [-0.1, -0.05) is 18.2 Å². The largest absolute Gasteiger partial charge is 0.378 e. The molecule has 1 atom stereocenters. The number of hydrogen-bond donors (Lipinski definition) is 0. The molecule has 3 aliphatic rings. The number of carbonyl (C=O) groups is 1. The van der Waals surface area contributed by atoms with Gasteiger partial charge < -0.3 is 9.64 Å². The van der Waals surface area contributed by atoms with Crippen LogP contribution in [0.25, 0.3) is 0 Å². The second-order valence-electron chi connectivity index (χ2n) is 7.70. The lowest BCUT2D eigenvalue weighted by Gasteiger charge is -2.63. The Morgan fingerprint density at radius 2 is 1.96 bits per heavy atom. The van der Waals surface area contributed by atoms with E-state index in [1.54, 1.807) is 0 Å². The van der Waals surface area contributed by atoms with Crippen LogP contribution in [0.15, 0.2) is 30.3 Å². The van der Waals surface area contributed by atoms with Gasteiger partial charge in [-0.2, -0.15) is 0 Å². The van der Waals surface area contributed by atoms with Crippen molar-refractivity contribution in [2.75, 3.05) is 45.9 Å². The summed E-state index contributed by atoms with van der Waals surface area (Å²) in [7, 11) is 0. The first-order chi connectivity index (χ1) is 11.6. The monoisotopic (exact) mass is 329 g/mol. The van der Waals surface area contributed by atoms with Gasteiger partial charge in [-0.25, -0.2) is 0 Å². The van der Waals surface area contributed by atoms with Crippen molar-refractivity contribution in [2.45, 2.75) is 31.5 Å². The molecule has 0 N–H and O–H groups in total. The van der Waals surface area contributed by atoms with Crippen LogP contribution in [0.3, 0.4) is 0 Å². The molecule has 3 aliphatic heterocycles. The van der Waals surface area contributed by atoms with Gasteiger partial charge in [0.1, 0.15) is 0 Å². The molecule has 0 radical (unpaired) electrons. The van der Waals surface area contributed by atoms with Gasteiger partial charge in [-0.05, 0) is 26.0 Å².